The molecule has 2 aromatic heterocycles. The van der Waals surface area contributed by atoms with Crippen LogP contribution in [-0.4, -0.2) is 73.6 Å². The van der Waals surface area contributed by atoms with Crippen LogP contribution in [0.25, 0.3) is 11.7 Å². The van der Waals surface area contributed by atoms with Crippen LogP contribution >= 0.6 is 0 Å². The number of aromatic amines is 1. The molecule has 3 fully saturated rings. The Labute approximate surface area is 229 Å². The Hall–Kier alpha value is -3.14. The molecule has 5 rings (SSSR count). The molecule has 10 nitrogen and oxygen atoms in total. The van der Waals surface area contributed by atoms with Crippen molar-refractivity contribution in [3.05, 3.63) is 33.3 Å². The normalized spacial score (nSPS) is 19.8. The van der Waals surface area contributed by atoms with Gasteiger partial charge >= 0.3 is 17.1 Å². The summed E-state index contributed by atoms with van der Waals surface area (Å²) in [4.78, 5) is 44.4. The fourth-order valence-corrected chi connectivity index (χ4v) is 6.35. The number of hydrogen-bond donors (Lipinski definition) is 3. The second kappa shape index (κ2) is 10.4. The van der Waals surface area contributed by atoms with Gasteiger partial charge in [-0.05, 0) is 71.3 Å². The fourth-order valence-electron chi connectivity index (χ4n) is 6.35. The first-order valence-electron chi connectivity index (χ1n) is 14.5. The van der Waals surface area contributed by atoms with Gasteiger partial charge in [-0.3, -0.25) is 9.59 Å². The molecule has 10 heteroatoms. The van der Waals surface area contributed by atoms with Gasteiger partial charge in [0.05, 0.1) is 17.8 Å². The van der Waals surface area contributed by atoms with Gasteiger partial charge in [0.2, 0.25) is 11.5 Å². The number of hydrogen-bond acceptors (Lipinski definition) is 5. The van der Waals surface area contributed by atoms with Crippen LogP contribution in [0.1, 0.15) is 87.8 Å². The van der Waals surface area contributed by atoms with Crippen molar-refractivity contribution in [3.8, 4) is 5.88 Å². The van der Waals surface area contributed by atoms with E-state index in [4.69, 9.17) is 0 Å². The largest absolute Gasteiger partial charge is 0.477 e. The maximum absolute atomic E-state index is 13.6. The number of carbonyl (C=O) groups excluding carboxylic acids is 2. The minimum absolute atomic E-state index is 0.0216. The van der Waals surface area contributed by atoms with Crippen molar-refractivity contribution in [2.45, 2.75) is 97.3 Å². The molecule has 1 spiro atoms. The molecule has 0 bridgehead atoms. The van der Waals surface area contributed by atoms with E-state index < -0.39 is 11.5 Å². The molecule has 212 valence electrons. The van der Waals surface area contributed by atoms with Gasteiger partial charge in [0.25, 0.3) is 5.91 Å². The summed E-state index contributed by atoms with van der Waals surface area (Å²) in [6.45, 7) is 13.4. The topological polar surface area (TPSA) is 114 Å². The van der Waals surface area contributed by atoms with Gasteiger partial charge in [0, 0.05) is 43.3 Å². The Morgan fingerprint density at radius 2 is 1.85 bits per heavy atom. The van der Waals surface area contributed by atoms with Crippen molar-refractivity contribution in [1.29, 1.82) is 0 Å². The molecular formula is C29H43N6O4+. The zero-order valence-electron chi connectivity index (χ0n) is 23.9. The molecule has 2 saturated heterocycles. The average molecular weight is 540 g/mol. The van der Waals surface area contributed by atoms with Gasteiger partial charge in [-0.15, -0.1) is 0 Å². The Kier molecular flexibility index (Phi) is 7.35. The smallest absolute Gasteiger partial charge is 0.378 e. The Morgan fingerprint density at radius 1 is 1.15 bits per heavy atom. The maximum atomic E-state index is 13.6. The maximum Gasteiger partial charge on any atom is 0.378 e. The molecule has 3 aliphatic rings. The van der Waals surface area contributed by atoms with Crippen LogP contribution in [-0.2, 0) is 11.3 Å². The second-order valence-electron chi connectivity index (χ2n) is 12.3. The number of carbonyl (C=O) groups is 2. The van der Waals surface area contributed by atoms with Crippen molar-refractivity contribution >= 4 is 23.5 Å². The van der Waals surface area contributed by atoms with E-state index in [-0.39, 0.29) is 34.8 Å². The van der Waals surface area contributed by atoms with Crippen LogP contribution in [0, 0.1) is 12.8 Å². The molecule has 0 unspecified atom stereocenters. The Balaban J connectivity index is 1.49. The molecule has 39 heavy (non-hydrogen) atoms. The summed E-state index contributed by atoms with van der Waals surface area (Å²) < 4.78 is 2.93. The summed E-state index contributed by atoms with van der Waals surface area (Å²) in [7, 11) is 0. The third kappa shape index (κ3) is 5.11. The molecule has 4 heterocycles. The highest BCUT2D eigenvalue weighted by atomic mass is 16.3. The lowest BCUT2D eigenvalue weighted by Gasteiger charge is -2.45. The first-order valence-corrected chi connectivity index (χ1v) is 14.5. The van der Waals surface area contributed by atoms with E-state index in [1.165, 1.54) is 4.52 Å². The van der Waals surface area contributed by atoms with Crippen LogP contribution in [0.3, 0.4) is 0 Å². The number of likely N-dealkylation sites (tertiary alicyclic amines) is 2. The Bertz CT molecular complexity index is 1360. The predicted molar refractivity (Wildman–Crippen MR) is 149 cm³/mol. The lowest BCUT2D eigenvalue weighted by molar-refractivity contribution is -0.686. The first kappa shape index (κ1) is 27.4. The molecule has 0 aromatic carbocycles. The lowest BCUT2D eigenvalue weighted by atomic mass is 9.84. The zero-order valence-corrected chi connectivity index (χ0v) is 23.9. The van der Waals surface area contributed by atoms with Crippen molar-refractivity contribution in [3.63, 3.8) is 0 Å². The van der Waals surface area contributed by atoms with Crippen LogP contribution in [0.5, 0.6) is 5.88 Å². The fraction of sp³-hybridized carbons (Fsp3) is 0.655. The van der Waals surface area contributed by atoms with Gasteiger partial charge in [0.1, 0.15) is 0 Å². The number of nitrogens with one attached hydrogen (secondary N) is 2. The second-order valence-corrected chi connectivity index (χ2v) is 12.3. The summed E-state index contributed by atoms with van der Waals surface area (Å²) >= 11 is 0. The first-order chi connectivity index (χ1) is 18.5. The minimum atomic E-state index is -0.606. The highest BCUT2D eigenvalue weighted by molar-refractivity contribution is 5.96. The summed E-state index contributed by atoms with van der Waals surface area (Å²) in [5.41, 5.74) is 0.808. The van der Waals surface area contributed by atoms with E-state index in [0.717, 1.165) is 58.2 Å². The predicted octanol–water partition coefficient (Wildman–Crippen LogP) is 2.36. The van der Waals surface area contributed by atoms with Gasteiger partial charge in [-0.1, -0.05) is 18.4 Å². The van der Waals surface area contributed by atoms with Gasteiger partial charge < -0.3 is 20.2 Å². The van der Waals surface area contributed by atoms with E-state index in [0.29, 0.717) is 29.5 Å². The monoisotopic (exact) mass is 539 g/mol. The number of aromatic hydroxyl groups is 1. The molecule has 3 N–H and O–H groups in total. The van der Waals surface area contributed by atoms with E-state index in [1.807, 2.05) is 20.8 Å². The third-order valence-corrected chi connectivity index (χ3v) is 8.69. The molecule has 0 radical (unpaired) electrons. The SMILES string of the molecule is Cc1[nH]n2c(=O)c(C(=O)NC3CC3)c(O)[n+](CC(C)C)c2c1/C=C/C(=O)N1CCCC12CCN(C(C)C)CC2. The van der Waals surface area contributed by atoms with Crippen LogP contribution in [0.15, 0.2) is 10.9 Å². The molecule has 0 atom stereocenters. The van der Waals surface area contributed by atoms with Gasteiger partial charge in [-0.2, -0.15) is 4.57 Å². The highest BCUT2D eigenvalue weighted by Gasteiger charge is 2.45. The molecule has 2 amide bonds. The van der Waals surface area contributed by atoms with Gasteiger partial charge in [-0.25, -0.2) is 9.89 Å². The van der Waals surface area contributed by atoms with Gasteiger partial charge in [0.15, 0.2) is 0 Å². The number of H-pyrrole nitrogens is 1. The number of fused-ring (bicyclic) bond motifs is 1. The van der Waals surface area contributed by atoms with E-state index in [2.05, 4.69) is 34.1 Å². The van der Waals surface area contributed by atoms with Crippen molar-refractivity contribution in [1.82, 2.24) is 24.7 Å². The van der Waals surface area contributed by atoms with E-state index in [1.54, 1.807) is 16.7 Å². The summed E-state index contributed by atoms with van der Waals surface area (Å²) in [5, 5.41) is 17.1. The minimum Gasteiger partial charge on any atom is -0.477 e. The molecule has 2 aromatic rings. The summed E-state index contributed by atoms with van der Waals surface area (Å²) in [6.07, 6.45) is 9.12. The molecule has 2 aliphatic heterocycles. The van der Waals surface area contributed by atoms with E-state index >= 15 is 0 Å². The molecule has 1 aliphatic carbocycles. The Morgan fingerprint density at radius 3 is 2.46 bits per heavy atom. The third-order valence-electron chi connectivity index (χ3n) is 8.69. The zero-order chi connectivity index (χ0) is 28.1. The van der Waals surface area contributed by atoms with Crippen LogP contribution < -0.4 is 15.4 Å². The van der Waals surface area contributed by atoms with Crippen molar-refractivity contribution in [2.75, 3.05) is 19.6 Å². The number of aryl methyl sites for hydroxylation is 1. The highest BCUT2D eigenvalue weighted by Crippen LogP contribution is 2.39. The van der Waals surface area contributed by atoms with Crippen molar-refractivity contribution in [2.24, 2.45) is 5.92 Å². The number of piperidine rings is 1. The summed E-state index contributed by atoms with van der Waals surface area (Å²) in [6, 6.07) is 0.562. The number of amides is 2. The lowest BCUT2D eigenvalue weighted by Crippen LogP contribution is -2.54. The number of nitrogens with zero attached hydrogens (tertiary/aromatic N) is 4. The molecular weight excluding hydrogens is 496 g/mol. The van der Waals surface area contributed by atoms with Crippen molar-refractivity contribution < 1.29 is 19.3 Å². The van der Waals surface area contributed by atoms with Crippen LogP contribution in [0.4, 0.5) is 0 Å². The number of aromatic nitrogens is 3. The standard InChI is InChI=1S/C29H42N6O4/c1-18(2)17-33-26-22(20(5)31-35(26)28(39)24(27(33)38)25(37)30-21-7-8-21)9-10-23(36)34-14-6-11-29(34)12-15-32(16-13-29)19(3)4/h9-10,18-19,21H,6-8,11-17H2,1-5H3,(H2,30,37,38,39)/p+1/b10-9+. The quantitative estimate of drug-likeness (QED) is 0.369. The molecule has 1 saturated carbocycles. The average Bonchev–Trinajstić information content (AvgIpc) is 3.50. The van der Waals surface area contributed by atoms with E-state index in [9.17, 15) is 19.5 Å². The number of rotatable bonds is 7. The summed E-state index contributed by atoms with van der Waals surface area (Å²) in [5.74, 6) is -0.792. The van der Waals surface area contributed by atoms with Crippen LogP contribution in [0.2, 0.25) is 0 Å².